The SMILES string of the molecule is CCC1(C)CCSC(=NCCCN2CCOCC2)N1. The fraction of sp³-hybridized carbons (Fsp3) is 0.929. The van der Waals surface area contributed by atoms with Crippen molar-refractivity contribution in [2.75, 3.05) is 45.1 Å². The molecule has 0 bridgehead atoms. The monoisotopic (exact) mass is 285 g/mol. The Morgan fingerprint density at radius 1 is 1.42 bits per heavy atom. The van der Waals surface area contributed by atoms with E-state index in [1.165, 1.54) is 18.6 Å². The van der Waals surface area contributed by atoms with Crippen LogP contribution in [0, 0.1) is 0 Å². The summed E-state index contributed by atoms with van der Waals surface area (Å²) in [7, 11) is 0. The van der Waals surface area contributed by atoms with Gasteiger partial charge in [-0.2, -0.15) is 0 Å². The lowest BCUT2D eigenvalue weighted by molar-refractivity contribution is 0.0377. The van der Waals surface area contributed by atoms with Crippen LogP contribution in [0.15, 0.2) is 4.99 Å². The number of rotatable bonds is 5. The molecule has 0 aromatic carbocycles. The van der Waals surface area contributed by atoms with Crippen molar-refractivity contribution in [1.82, 2.24) is 10.2 Å². The molecule has 0 saturated carbocycles. The zero-order chi connectivity index (χ0) is 13.6. The van der Waals surface area contributed by atoms with Gasteiger partial charge in [-0.25, -0.2) is 0 Å². The Hall–Kier alpha value is -0.260. The highest BCUT2D eigenvalue weighted by atomic mass is 32.2. The molecule has 1 N–H and O–H groups in total. The van der Waals surface area contributed by atoms with E-state index in [1.807, 2.05) is 11.8 Å². The predicted octanol–water partition coefficient (Wildman–Crippen LogP) is 1.96. The van der Waals surface area contributed by atoms with Crippen LogP contribution >= 0.6 is 11.8 Å². The minimum atomic E-state index is 0.258. The first-order chi connectivity index (χ1) is 9.22. The molecule has 19 heavy (non-hydrogen) atoms. The Balaban J connectivity index is 1.67. The smallest absolute Gasteiger partial charge is 0.156 e. The fourth-order valence-corrected chi connectivity index (χ4v) is 3.63. The van der Waals surface area contributed by atoms with E-state index in [-0.39, 0.29) is 5.54 Å². The molecule has 0 aromatic heterocycles. The normalized spacial score (nSPS) is 31.4. The molecule has 0 aromatic rings. The molecule has 2 aliphatic heterocycles. The van der Waals surface area contributed by atoms with Gasteiger partial charge in [-0.05, 0) is 26.2 Å². The van der Waals surface area contributed by atoms with Crippen molar-refractivity contribution < 1.29 is 4.74 Å². The molecule has 2 fully saturated rings. The zero-order valence-corrected chi connectivity index (χ0v) is 13.1. The second-order valence-electron chi connectivity index (χ2n) is 5.63. The summed E-state index contributed by atoms with van der Waals surface area (Å²) in [6.45, 7) is 10.6. The Bertz CT molecular complexity index is 305. The van der Waals surface area contributed by atoms with Crippen LogP contribution in [0.25, 0.3) is 0 Å². The minimum Gasteiger partial charge on any atom is -0.379 e. The first kappa shape index (κ1) is 15.1. The van der Waals surface area contributed by atoms with Crippen LogP contribution in [-0.4, -0.2) is 60.8 Å². The maximum Gasteiger partial charge on any atom is 0.156 e. The quantitative estimate of drug-likeness (QED) is 0.784. The van der Waals surface area contributed by atoms with Crippen LogP contribution in [0.2, 0.25) is 0 Å². The second-order valence-corrected chi connectivity index (χ2v) is 6.72. The molecule has 2 rings (SSSR count). The Labute approximate surface area is 121 Å². The van der Waals surface area contributed by atoms with E-state index in [0.29, 0.717) is 0 Å². The average molecular weight is 285 g/mol. The molecule has 2 saturated heterocycles. The van der Waals surface area contributed by atoms with E-state index >= 15 is 0 Å². The molecular formula is C14H27N3OS. The van der Waals surface area contributed by atoms with Crippen molar-refractivity contribution in [2.24, 2.45) is 4.99 Å². The number of ether oxygens (including phenoxy) is 1. The molecule has 0 amide bonds. The van der Waals surface area contributed by atoms with Crippen LogP contribution in [0.3, 0.4) is 0 Å². The van der Waals surface area contributed by atoms with Crippen molar-refractivity contribution in [2.45, 2.75) is 38.6 Å². The van der Waals surface area contributed by atoms with Gasteiger partial charge in [0.1, 0.15) is 0 Å². The summed E-state index contributed by atoms with van der Waals surface area (Å²) >= 11 is 1.87. The van der Waals surface area contributed by atoms with Gasteiger partial charge in [0.05, 0.1) is 13.2 Å². The third-order valence-corrected chi connectivity index (χ3v) is 4.99. The topological polar surface area (TPSA) is 36.9 Å². The van der Waals surface area contributed by atoms with Crippen molar-refractivity contribution in [3.8, 4) is 0 Å². The molecule has 2 aliphatic rings. The highest BCUT2D eigenvalue weighted by Crippen LogP contribution is 2.24. The third kappa shape index (κ3) is 4.97. The van der Waals surface area contributed by atoms with Gasteiger partial charge in [-0.1, -0.05) is 18.7 Å². The summed E-state index contributed by atoms with van der Waals surface area (Å²) < 4.78 is 5.35. The van der Waals surface area contributed by atoms with Crippen molar-refractivity contribution in [3.05, 3.63) is 0 Å². The lowest BCUT2D eigenvalue weighted by Crippen LogP contribution is -2.48. The van der Waals surface area contributed by atoms with E-state index in [0.717, 1.165) is 51.0 Å². The lowest BCUT2D eigenvalue weighted by Gasteiger charge is -2.35. The predicted molar refractivity (Wildman–Crippen MR) is 83.1 cm³/mol. The molecule has 0 aliphatic carbocycles. The number of thioether (sulfide) groups is 1. The molecule has 1 unspecified atom stereocenters. The molecule has 1 atom stereocenters. The zero-order valence-electron chi connectivity index (χ0n) is 12.3. The number of hydrogen-bond donors (Lipinski definition) is 1. The molecule has 0 radical (unpaired) electrons. The van der Waals surface area contributed by atoms with Gasteiger partial charge >= 0.3 is 0 Å². The van der Waals surface area contributed by atoms with E-state index in [9.17, 15) is 0 Å². The molecular weight excluding hydrogens is 258 g/mol. The maximum atomic E-state index is 5.35. The van der Waals surface area contributed by atoms with Crippen LogP contribution in [0.1, 0.15) is 33.1 Å². The number of nitrogens with zero attached hydrogens (tertiary/aromatic N) is 2. The van der Waals surface area contributed by atoms with Crippen LogP contribution < -0.4 is 5.32 Å². The van der Waals surface area contributed by atoms with Crippen molar-refractivity contribution in [1.29, 1.82) is 0 Å². The first-order valence-corrected chi connectivity index (χ1v) is 8.46. The lowest BCUT2D eigenvalue weighted by atomic mass is 9.96. The Kier molecular flexibility index (Phi) is 5.98. The highest BCUT2D eigenvalue weighted by Gasteiger charge is 2.27. The number of hydrogen-bond acceptors (Lipinski definition) is 4. The van der Waals surface area contributed by atoms with Gasteiger partial charge in [0, 0.05) is 37.5 Å². The van der Waals surface area contributed by atoms with Gasteiger partial charge in [0.15, 0.2) is 5.17 Å². The second kappa shape index (κ2) is 7.50. The van der Waals surface area contributed by atoms with Crippen molar-refractivity contribution in [3.63, 3.8) is 0 Å². The van der Waals surface area contributed by atoms with E-state index < -0.39 is 0 Å². The van der Waals surface area contributed by atoms with Crippen LogP contribution in [0.4, 0.5) is 0 Å². The summed E-state index contributed by atoms with van der Waals surface area (Å²) in [5, 5.41) is 4.75. The van der Waals surface area contributed by atoms with E-state index in [2.05, 4.69) is 24.1 Å². The summed E-state index contributed by atoms with van der Waals surface area (Å²) in [4.78, 5) is 7.20. The van der Waals surface area contributed by atoms with E-state index in [4.69, 9.17) is 9.73 Å². The maximum absolute atomic E-state index is 5.35. The Morgan fingerprint density at radius 2 is 2.21 bits per heavy atom. The van der Waals surface area contributed by atoms with Gasteiger partial charge in [0.2, 0.25) is 0 Å². The number of amidine groups is 1. The first-order valence-electron chi connectivity index (χ1n) is 7.47. The molecule has 4 nitrogen and oxygen atoms in total. The largest absolute Gasteiger partial charge is 0.379 e. The van der Waals surface area contributed by atoms with Crippen LogP contribution in [-0.2, 0) is 4.74 Å². The molecule has 2 heterocycles. The van der Waals surface area contributed by atoms with Gasteiger partial charge < -0.3 is 10.1 Å². The third-order valence-electron chi connectivity index (χ3n) is 4.07. The summed E-state index contributed by atoms with van der Waals surface area (Å²) in [5.74, 6) is 1.19. The highest BCUT2D eigenvalue weighted by molar-refractivity contribution is 8.13. The molecule has 110 valence electrons. The van der Waals surface area contributed by atoms with Crippen LogP contribution in [0.5, 0.6) is 0 Å². The van der Waals surface area contributed by atoms with Gasteiger partial charge in [-0.15, -0.1) is 0 Å². The summed E-state index contributed by atoms with van der Waals surface area (Å²) in [6, 6.07) is 0. The summed E-state index contributed by atoms with van der Waals surface area (Å²) in [6.07, 6.45) is 3.55. The van der Waals surface area contributed by atoms with Crippen molar-refractivity contribution >= 4 is 16.9 Å². The summed E-state index contributed by atoms with van der Waals surface area (Å²) in [5.41, 5.74) is 0.258. The van der Waals surface area contributed by atoms with E-state index in [1.54, 1.807) is 0 Å². The Morgan fingerprint density at radius 3 is 2.95 bits per heavy atom. The number of morpholine rings is 1. The molecule has 5 heteroatoms. The van der Waals surface area contributed by atoms with Gasteiger partial charge in [-0.3, -0.25) is 9.89 Å². The number of nitrogens with one attached hydrogen (secondary N) is 1. The van der Waals surface area contributed by atoms with Gasteiger partial charge in [0.25, 0.3) is 0 Å². The number of aliphatic imine (C=N–C) groups is 1. The average Bonchev–Trinajstić information content (AvgIpc) is 2.45. The standard InChI is InChI=1S/C14H27N3OS/c1-3-14(2)5-12-19-13(16-14)15-6-4-7-17-8-10-18-11-9-17/h3-12H2,1-2H3,(H,15,16). The molecule has 0 spiro atoms. The fourth-order valence-electron chi connectivity index (χ4n) is 2.38. The minimum absolute atomic E-state index is 0.258.